The quantitative estimate of drug-likeness (QED) is 0.0797. The predicted molar refractivity (Wildman–Crippen MR) is 135 cm³/mol. The summed E-state index contributed by atoms with van der Waals surface area (Å²) in [6.07, 6.45) is 27.9. The maximum atomic E-state index is 9.29. The topological polar surface area (TPSA) is 87.0 Å². The maximum absolute atomic E-state index is 9.29. The number of carbonyl (C=O) groups is 1. The molecule has 0 aromatic rings. The van der Waals surface area contributed by atoms with E-state index in [1.165, 1.54) is 116 Å². The Hall–Kier alpha value is -0.910. The van der Waals surface area contributed by atoms with Gasteiger partial charge in [0.1, 0.15) is 0 Å². The van der Waals surface area contributed by atoms with Gasteiger partial charge in [-0.05, 0) is 19.3 Å². The highest BCUT2D eigenvalue weighted by Crippen LogP contribution is 2.15. The number of aliphatic hydroxyl groups excluding tert-OH is 2. The molecule has 192 valence electrons. The second kappa shape index (κ2) is 30.1. The number of carboxylic acid groups (broad SMARTS) is 1. The highest BCUT2D eigenvalue weighted by atomic mass is 16.6. The molecule has 5 heteroatoms. The summed E-state index contributed by atoms with van der Waals surface area (Å²) in [6.45, 7) is 3.32. The first-order valence-electron chi connectivity index (χ1n) is 13.3. The van der Waals surface area contributed by atoms with Crippen LogP contribution in [0.2, 0.25) is 0 Å². The van der Waals surface area contributed by atoms with Gasteiger partial charge >= 0.3 is 5.97 Å². The second-order valence-corrected chi connectivity index (χ2v) is 8.82. The zero-order valence-corrected chi connectivity index (χ0v) is 21.1. The van der Waals surface area contributed by atoms with Crippen LogP contribution in [-0.4, -0.2) is 41.3 Å². The van der Waals surface area contributed by atoms with E-state index in [0.29, 0.717) is 6.61 Å². The zero-order chi connectivity index (χ0) is 24.1. The van der Waals surface area contributed by atoms with Crippen LogP contribution < -0.4 is 0 Å². The molecule has 0 spiro atoms. The molecule has 0 saturated carbocycles. The molecule has 0 aromatic heterocycles. The van der Waals surface area contributed by atoms with Crippen LogP contribution in [0.4, 0.5) is 0 Å². The lowest BCUT2D eigenvalue weighted by Crippen LogP contribution is -2.07. The summed E-state index contributed by atoms with van der Waals surface area (Å²) in [4.78, 5) is 9.25. The number of hydrogen-bond donors (Lipinski definition) is 3. The fourth-order valence-electron chi connectivity index (χ4n) is 3.73. The molecule has 0 heterocycles. The van der Waals surface area contributed by atoms with E-state index >= 15 is 0 Å². The van der Waals surface area contributed by atoms with Gasteiger partial charge < -0.3 is 20.1 Å². The number of rotatable bonds is 24. The Kier molecular flexibility index (Phi) is 31.3. The summed E-state index contributed by atoms with van der Waals surface area (Å²) in [6, 6.07) is 0. The SMILES string of the molecule is C=CC(=O)O.COC(O)CCCCCCCCCCCCCCCCCCCCCCO. The van der Waals surface area contributed by atoms with E-state index in [4.69, 9.17) is 14.9 Å². The summed E-state index contributed by atoms with van der Waals surface area (Å²) in [5, 5.41) is 25.6. The van der Waals surface area contributed by atoms with Gasteiger partial charge in [-0.3, -0.25) is 0 Å². The van der Waals surface area contributed by atoms with Crippen molar-refractivity contribution in [2.75, 3.05) is 13.7 Å². The molecule has 32 heavy (non-hydrogen) atoms. The van der Waals surface area contributed by atoms with Gasteiger partial charge in [-0.2, -0.15) is 0 Å². The normalized spacial score (nSPS) is 11.6. The van der Waals surface area contributed by atoms with Crippen molar-refractivity contribution in [3.05, 3.63) is 12.7 Å². The standard InChI is InChI=1S/C24H50O3.C3H4O2/c1-27-24(26)22-20-18-16-14-12-10-8-6-4-2-3-5-7-9-11-13-15-17-19-21-23-25;1-2-3(4)5/h24-26H,2-23H2,1H3;2H,1H2,(H,4,5). The van der Waals surface area contributed by atoms with Crippen LogP contribution in [0, 0.1) is 0 Å². The molecule has 0 aliphatic rings. The van der Waals surface area contributed by atoms with E-state index < -0.39 is 12.3 Å². The summed E-state index contributed by atoms with van der Waals surface area (Å²) in [5.41, 5.74) is 0. The summed E-state index contributed by atoms with van der Waals surface area (Å²) >= 11 is 0. The monoisotopic (exact) mass is 458 g/mol. The number of methoxy groups -OCH3 is 1. The van der Waals surface area contributed by atoms with Gasteiger partial charge in [-0.1, -0.05) is 122 Å². The van der Waals surface area contributed by atoms with Gasteiger partial charge in [0.25, 0.3) is 0 Å². The van der Waals surface area contributed by atoms with Crippen LogP contribution in [0.1, 0.15) is 135 Å². The second-order valence-electron chi connectivity index (χ2n) is 8.82. The average Bonchev–Trinajstić information content (AvgIpc) is 2.80. The molecular weight excluding hydrogens is 404 g/mol. The van der Waals surface area contributed by atoms with E-state index in [0.717, 1.165) is 25.3 Å². The van der Waals surface area contributed by atoms with Gasteiger partial charge in [-0.15, -0.1) is 0 Å². The Bertz CT molecular complexity index is 373. The first kappa shape index (κ1) is 33.3. The van der Waals surface area contributed by atoms with Crippen molar-refractivity contribution in [2.24, 2.45) is 0 Å². The number of carboxylic acids is 1. The fourth-order valence-corrected chi connectivity index (χ4v) is 3.73. The molecule has 0 amide bonds. The summed E-state index contributed by atoms with van der Waals surface area (Å²) < 4.78 is 4.84. The highest BCUT2D eigenvalue weighted by Gasteiger charge is 2.00. The number of aliphatic carboxylic acids is 1. The Labute approximate surface area is 198 Å². The molecule has 0 saturated heterocycles. The van der Waals surface area contributed by atoms with Crippen molar-refractivity contribution >= 4 is 5.97 Å². The lowest BCUT2D eigenvalue weighted by molar-refractivity contribution is -0.131. The maximum Gasteiger partial charge on any atom is 0.327 e. The van der Waals surface area contributed by atoms with Crippen molar-refractivity contribution in [1.82, 2.24) is 0 Å². The van der Waals surface area contributed by atoms with E-state index in [1.807, 2.05) is 0 Å². The summed E-state index contributed by atoms with van der Waals surface area (Å²) in [5.74, 6) is -0.981. The average molecular weight is 459 g/mol. The minimum atomic E-state index is -0.981. The molecule has 0 aromatic carbocycles. The molecule has 1 unspecified atom stereocenters. The molecule has 0 radical (unpaired) electrons. The molecule has 0 aliphatic carbocycles. The van der Waals surface area contributed by atoms with Gasteiger partial charge in [0.15, 0.2) is 6.29 Å². The third kappa shape index (κ3) is 33.7. The summed E-state index contributed by atoms with van der Waals surface area (Å²) in [7, 11) is 1.57. The molecule has 1 atom stereocenters. The van der Waals surface area contributed by atoms with Gasteiger partial charge in [0.2, 0.25) is 0 Å². The van der Waals surface area contributed by atoms with Crippen LogP contribution in [0.15, 0.2) is 12.7 Å². The molecular formula is C27H54O5. The first-order valence-corrected chi connectivity index (χ1v) is 13.3. The van der Waals surface area contributed by atoms with Crippen molar-refractivity contribution in [1.29, 1.82) is 0 Å². The van der Waals surface area contributed by atoms with Crippen LogP contribution in [0.5, 0.6) is 0 Å². The van der Waals surface area contributed by atoms with Gasteiger partial charge in [-0.25, -0.2) is 4.79 Å². The Balaban J connectivity index is 0. The number of ether oxygens (including phenoxy) is 1. The molecule has 0 aliphatic heterocycles. The third-order valence-electron chi connectivity index (χ3n) is 5.81. The molecule has 0 rings (SSSR count). The van der Waals surface area contributed by atoms with E-state index in [2.05, 4.69) is 6.58 Å². The number of hydrogen-bond acceptors (Lipinski definition) is 4. The van der Waals surface area contributed by atoms with Crippen LogP contribution in [0.3, 0.4) is 0 Å². The van der Waals surface area contributed by atoms with Crippen LogP contribution >= 0.6 is 0 Å². The van der Waals surface area contributed by atoms with Gasteiger partial charge in [0, 0.05) is 19.8 Å². The van der Waals surface area contributed by atoms with Crippen molar-refractivity contribution in [3.8, 4) is 0 Å². The van der Waals surface area contributed by atoms with E-state index in [1.54, 1.807) is 7.11 Å². The minimum absolute atomic E-state index is 0.363. The Morgan fingerprint density at radius 2 is 0.938 bits per heavy atom. The van der Waals surface area contributed by atoms with Crippen molar-refractivity contribution in [2.45, 2.75) is 141 Å². The largest absolute Gasteiger partial charge is 0.478 e. The van der Waals surface area contributed by atoms with Crippen molar-refractivity contribution < 1.29 is 24.9 Å². The van der Waals surface area contributed by atoms with E-state index in [9.17, 15) is 9.90 Å². The van der Waals surface area contributed by atoms with E-state index in [-0.39, 0.29) is 0 Å². The Morgan fingerprint density at radius 1 is 0.688 bits per heavy atom. The van der Waals surface area contributed by atoms with Crippen LogP contribution in [0.25, 0.3) is 0 Å². The first-order chi connectivity index (χ1) is 15.6. The molecule has 3 N–H and O–H groups in total. The lowest BCUT2D eigenvalue weighted by Gasteiger charge is -2.07. The Morgan fingerprint density at radius 3 is 1.16 bits per heavy atom. The number of aliphatic hydroxyl groups is 2. The smallest absolute Gasteiger partial charge is 0.327 e. The third-order valence-corrected chi connectivity index (χ3v) is 5.81. The van der Waals surface area contributed by atoms with Gasteiger partial charge in [0.05, 0.1) is 0 Å². The predicted octanol–water partition coefficient (Wildman–Crippen LogP) is 7.39. The lowest BCUT2D eigenvalue weighted by atomic mass is 10.0. The molecule has 5 nitrogen and oxygen atoms in total. The molecule has 0 bridgehead atoms. The van der Waals surface area contributed by atoms with Crippen molar-refractivity contribution in [3.63, 3.8) is 0 Å². The van der Waals surface area contributed by atoms with Crippen LogP contribution in [-0.2, 0) is 9.53 Å². The highest BCUT2D eigenvalue weighted by molar-refractivity contribution is 5.78. The fraction of sp³-hybridized carbons (Fsp3) is 0.889. The molecule has 0 fully saturated rings. The number of unbranched alkanes of at least 4 members (excludes halogenated alkanes) is 19. The minimum Gasteiger partial charge on any atom is -0.478 e. The zero-order valence-electron chi connectivity index (χ0n) is 21.1.